The Kier molecular flexibility index (Phi) is 8.46. The Hall–Kier alpha value is -1.06. The van der Waals surface area contributed by atoms with E-state index in [0.29, 0.717) is 24.7 Å². The second-order valence-electron chi connectivity index (χ2n) is 4.65. The molecule has 0 spiro atoms. The summed E-state index contributed by atoms with van der Waals surface area (Å²) in [5.41, 5.74) is 0. The van der Waals surface area contributed by atoms with Crippen LogP contribution in [0, 0.1) is 11.8 Å². The molecule has 0 aliphatic rings. The molecule has 0 aliphatic heterocycles. The first-order valence-electron chi connectivity index (χ1n) is 6.43. The zero-order valence-electron chi connectivity index (χ0n) is 10.8. The maximum absolute atomic E-state index is 10.5. The molecule has 0 heterocycles. The van der Waals surface area contributed by atoms with Crippen molar-refractivity contribution in [3.05, 3.63) is 0 Å². The van der Waals surface area contributed by atoms with Crippen molar-refractivity contribution in [3.63, 3.8) is 0 Å². The van der Waals surface area contributed by atoms with Crippen LogP contribution < -0.4 is 0 Å². The van der Waals surface area contributed by atoms with E-state index < -0.39 is 11.9 Å². The number of carbonyl (C=O) groups is 2. The van der Waals surface area contributed by atoms with Gasteiger partial charge >= 0.3 is 11.9 Å². The predicted molar refractivity (Wildman–Crippen MR) is 65.9 cm³/mol. The van der Waals surface area contributed by atoms with Gasteiger partial charge in [0.15, 0.2) is 0 Å². The molecule has 0 aromatic heterocycles. The zero-order valence-corrected chi connectivity index (χ0v) is 10.8. The van der Waals surface area contributed by atoms with Crippen LogP contribution in [-0.4, -0.2) is 22.2 Å². The molecular weight excluding hydrogens is 220 g/mol. The molecule has 0 fully saturated rings. The van der Waals surface area contributed by atoms with Crippen LogP contribution >= 0.6 is 0 Å². The van der Waals surface area contributed by atoms with E-state index in [4.69, 9.17) is 10.2 Å². The SMILES string of the molecule is CCC(CCC(=O)O)CC(CC)CCC(=O)O. The second kappa shape index (κ2) is 9.02. The van der Waals surface area contributed by atoms with Crippen molar-refractivity contribution in [2.24, 2.45) is 11.8 Å². The van der Waals surface area contributed by atoms with Crippen molar-refractivity contribution < 1.29 is 19.8 Å². The van der Waals surface area contributed by atoms with Crippen LogP contribution in [0.1, 0.15) is 58.8 Å². The van der Waals surface area contributed by atoms with E-state index in [9.17, 15) is 9.59 Å². The number of carboxylic acid groups (broad SMARTS) is 2. The average molecular weight is 244 g/mol. The van der Waals surface area contributed by atoms with Crippen molar-refractivity contribution in [2.75, 3.05) is 0 Å². The lowest BCUT2D eigenvalue weighted by Gasteiger charge is -2.20. The molecule has 0 saturated heterocycles. The lowest BCUT2D eigenvalue weighted by Crippen LogP contribution is -2.11. The molecule has 2 unspecified atom stereocenters. The van der Waals surface area contributed by atoms with Crippen LogP contribution in [0.5, 0.6) is 0 Å². The van der Waals surface area contributed by atoms with Gasteiger partial charge in [0.1, 0.15) is 0 Å². The Bertz CT molecular complexity index is 214. The van der Waals surface area contributed by atoms with Crippen LogP contribution in [0.2, 0.25) is 0 Å². The predicted octanol–water partition coefficient (Wildman–Crippen LogP) is 3.16. The molecule has 0 rings (SSSR count). The molecule has 0 amide bonds. The van der Waals surface area contributed by atoms with Gasteiger partial charge in [-0.15, -0.1) is 0 Å². The third-order valence-electron chi connectivity index (χ3n) is 3.35. The summed E-state index contributed by atoms with van der Waals surface area (Å²) in [6, 6.07) is 0. The summed E-state index contributed by atoms with van der Waals surface area (Å²) in [5.74, 6) is -0.682. The third-order valence-corrected chi connectivity index (χ3v) is 3.35. The first-order chi connectivity index (χ1) is 7.99. The van der Waals surface area contributed by atoms with Gasteiger partial charge in [0, 0.05) is 12.8 Å². The number of carboxylic acids is 2. The van der Waals surface area contributed by atoms with E-state index in [0.717, 1.165) is 19.3 Å². The Balaban J connectivity index is 4.02. The number of aliphatic carboxylic acids is 2. The van der Waals surface area contributed by atoms with Gasteiger partial charge in [-0.1, -0.05) is 26.7 Å². The second-order valence-corrected chi connectivity index (χ2v) is 4.65. The van der Waals surface area contributed by atoms with E-state index in [1.807, 2.05) is 0 Å². The minimum Gasteiger partial charge on any atom is -0.481 e. The molecule has 4 heteroatoms. The molecule has 2 atom stereocenters. The third kappa shape index (κ3) is 8.72. The first-order valence-corrected chi connectivity index (χ1v) is 6.43. The monoisotopic (exact) mass is 244 g/mol. The van der Waals surface area contributed by atoms with Crippen molar-refractivity contribution >= 4 is 11.9 Å². The zero-order chi connectivity index (χ0) is 13.3. The van der Waals surface area contributed by atoms with E-state index in [2.05, 4.69) is 13.8 Å². The Labute approximate surface area is 103 Å². The highest BCUT2D eigenvalue weighted by molar-refractivity contribution is 5.66. The molecule has 0 aliphatic carbocycles. The van der Waals surface area contributed by atoms with E-state index in [-0.39, 0.29) is 12.8 Å². The highest BCUT2D eigenvalue weighted by Gasteiger charge is 2.16. The lowest BCUT2D eigenvalue weighted by molar-refractivity contribution is -0.138. The van der Waals surface area contributed by atoms with Gasteiger partial charge in [-0.25, -0.2) is 0 Å². The molecule has 100 valence electrons. The fraction of sp³-hybridized carbons (Fsp3) is 0.846. The van der Waals surface area contributed by atoms with E-state index >= 15 is 0 Å². The van der Waals surface area contributed by atoms with Crippen LogP contribution in [0.25, 0.3) is 0 Å². The summed E-state index contributed by atoms with van der Waals surface area (Å²) in [7, 11) is 0. The first kappa shape index (κ1) is 15.9. The fourth-order valence-electron chi connectivity index (χ4n) is 2.10. The highest BCUT2D eigenvalue weighted by Crippen LogP contribution is 2.25. The minimum atomic E-state index is -0.748. The van der Waals surface area contributed by atoms with Crippen LogP contribution in [0.15, 0.2) is 0 Å². The molecule has 0 aromatic carbocycles. The molecule has 0 bridgehead atoms. The maximum atomic E-state index is 10.5. The van der Waals surface area contributed by atoms with Gasteiger partial charge in [0.05, 0.1) is 0 Å². The standard InChI is InChI=1S/C13H24O4/c1-3-10(5-7-12(14)15)9-11(4-2)6-8-13(16)17/h10-11H,3-9H2,1-2H3,(H,14,15)(H,16,17). The smallest absolute Gasteiger partial charge is 0.303 e. The molecule has 17 heavy (non-hydrogen) atoms. The summed E-state index contributed by atoms with van der Waals surface area (Å²) in [6.07, 6.45) is 4.73. The highest BCUT2D eigenvalue weighted by atomic mass is 16.4. The van der Waals surface area contributed by atoms with E-state index in [1.54, 1.807) is 0 Å². The molecule has 0 saturated carbocycles. The molecular formula is C13H24O4. The van der Waals surface area contributed by atoms with E-state index in [1.165, 1.54) is 0 Å². The lowest BCUT2D eigenvalue weighted by atomic mass is 9.85. The van der Waals surface area contributed by atoms with Crippen LogP contribution in [0.3, 0.4) is 0 Å². The Morgan fingerprint density at radius 2 is 1.24 bits per heavy atom. The number of hydrogen-bond acceptors (Lipinski definition) is 2. The maximum Gasteiger partial charge on any atom is 0.303 e. The fourth-order valence-corrected chi connectivity index (χ4v) is 2.10. The summed E-state index contributed by atoms with van der Waals surface area (Å²) < 4.78 is 0. The molecule has 4 nitrogen and oxygen atoms in total. The molecule has 2 N–H and O–H groups in total. The van der Waals surface area contributed by atoms with Gasteiger partial charge in [-0.3, -0.25) is 9.59 Å². The van der Waals surface area contributed by atoms with Crippen LogP contribution in [0.4, 0.5) is 0 Å². The topological polar surface area (TPSA) is 74.6 Å². The normalized spacial score (nSPS) is 14.2. The molecule has 0 aromatic rings. The van der Waals surface area contributed by atoms with Crippen molar-refractivity contribution in [1.82, 2.24) is 0 Å². The minimum absolute atomic E-state index is 0.216. The Morgan fingerprint density at radius 1 is 0.882 bits per heavy atom. The number of hydrogen-bond donors (Lipinski definition) is 2. The Morgan fingerprint density at radius 3 is 1.47 bits per heavy atom. The summed E-state index contributed by atoms with van der Waals surface area (Å²) in [6.45, 7) is 4.13. The van der Waals surface area contributed by atoms with Gasteiger partial charge in [-0.2, -0.15) is 0 Å². The number of rotatable bonds is 10. The summed E-state index contributed by atoms with van der Waals surface area (Å²) in [5, 5.41) is 17.3. The van der Waals surface area contributed by atoms with Crippen LogP contribution in [-0.2, 0) is 9.59 Å². The summed E-state index contributed by atoms with van der Waals surface area (Å²) in [4.78, 5) is 21.0. The van der Waals surface area contributed by atoms with Gasteiger partial charge < -0.3 is 10.2 Å². The molecule has 0 radical (unpaired) electrons. The largest absolute Gasteiger partial charge is 0.481 e. The van der Waals surface area contributed by atoms with Crippen molar-refractivity contribution in [1.29, 1.82) is 0 Å². The van der Waals surface area contributed by atoms with Crippen molar-refractivity contribution in [2.45, 2.75) is 58.8 Å². The van der Waals surface area contributed by atoms with Gasteiger partial charge in [0.25, 0.3) is 0 Å². The van der Waals surface area contributed by atoms with Gasteiger partial charge in [0.2, 0.25) is 0 Å². The van der Waals surface area contributed by atoms with Gasteiger partial charge in [-0.05, 0) is 31.1 Å². The quantitative estimate of drug-likeness (QED) is 0.619. The van der Waals surface area contributed by atoms with Crippen molar-refractivity contribution in [3.8, 4) is 0 Å². The average Bonchev–Trinajstić information content (AvgIpc) is 2.27. The summed E-state index contributed by atoms with van der Waals surface area (Å²) >= 11 is 0.